The molecule has 0 aliphatic carbocycles. The van der Waals surface area contributed by atoms with Gasteiger partial charge in [-0.05, 0) is 43.0 Å². The summed E-state index contributed by atoms with van der Waals surface area (Å²) in [4.78, 5) is 28.7. The Kier molecular flexibility index (Phi) is 5.46. The fraction of sp³-hybridized carbons (Fsp3) is 0.364. The van der Waals surface area contributed by atoms with E-state index in [9.17, 15) is 9.59 Å². The Morgan fingerprint density at radius 2 is 1.75 bits per heavy atom. The second kappa shape index (κ2) is 8.33. The summed E-state index contributed by atoms with van der Waals surface area (Å²) < 4.78 is 5.03. The van der Waals surface area contributed by atoms with Gasteiger partial charge in [-0.15, -0.1) is 0 Å². The molecule has 2 aliphatic heterocycles. The molecule has 6 nitrogen and oxygen atoms in total. The highest BCUT2D eigenvalue weighted by atomic mass is 16.6. The smallest absolute Gasteiger partial charge is 0.414 e. The maximum absolute atomic E-state index is 13.3. The lowest BCUT2D eigenvalue weighted by atomic mass is 10.0. The predicted molar refractivity (Wildman–Crippen MR) is 108 cm³/mol. The Morgan fingerprint density at radius 3 is 2.46 bits per heavy atom. The number of carbonyl (C=O) groups excluding carboxylic acids is 2. The molecule has 1 atom stereocenters. The van der Waals surface area contributed by atoms with E-state index in [1.54, 1.807) is 4.90 Å². The van der Waals surface area contributed by atoms with E-state index >= 15 is 0 Å². The zero-order valence-corrected chi connectivity index (χ0v) is 15.8. The van der Waals surface area contributed by atoms with E-state index < -0.39 is 6.04 Å². The minimum atomic E-state index is -0.458. The molecule has 2 aromatic carbocycles. The number of amides is 2. The van der Waals surface area contributed by atoms with Gasteiger partial charge in [-0.1, -0.05) is 36.4 Å². The third kappa shape index (κ3) is 3.96. The number of cyclic esters (lactones) is 1. The van der Waals surface area contributed by atoms with E-state index in [1.807, 2.05) is 59.5 Å². The Morgan fingerprint density at radius 1 is 0.964 bits per heavy atom. The van der Waals surface area contributed by atoms with Gasteiger partial charge in [-0.2, -0.15) is 0 Å². The van der Waals surface area contributed by atoms with E-state index in [1.165, 1.54) is 6.42 Å². The number of rotatable bonds is 5. The van der Waals surface area contributed by atoms with E-state index in [0.717, 1.165) is 42.9 Å². The van der Waals surface area contributed by atoms with Crippen molar-refractivity contribution in [1.82, 2.24) is 4.90 Å². The van der Waals surface area contributed by atoms with Crippen molar-refractivity contribution in [3.05, 3.63) is 60.2 Å². The second-order valence-electron chi connectivity index (χ2n) is 7.19. The largest absolute Gasteiger partial charge is 0.447 e. The molecule has 0 saturated carbocycles. The monoisotopic (exact) mass is 379 g/mol. The zero-order valence-electron chi connectivity index (χ0n) is 15.8. The van der Waals surface area contributed by atoms with Crippen LogP contribution in [0.3, 0.4) is 0 Å². The SMILES string of the molecule is O=C(C(Nc1cccc(N2CCOC2=O)c1)c1ccccc1)N1CCCCC1. The summed E-state index contributed by atoms with van der Waals surface area (Å²) >= 11 is 0. The molecule has 2 fully saturated rings. The van der Waals surface area contributed by atoms with Crippen LogP contribution in [0.2, 0.25) is 0 Å². The van der Waals surface area contributed by atoms with Crippen LogP contribution in [0, 0.1) is 0 Å². The summed E-state index contributed by atoms with van der Waals surface area (Å²) in [5.74, 6) is 0.0943. The molecule has 2 aromatic rings. The van der Waals surface area contributed by atoms with Gasteiger partial charge in [0.1, 0.15) is 12.6 Å². The van der Waals surface area contributed by atoms with Crippen LogP contribution in [-0.2, 0) is 9.53 Å². The fourth-order valence-electron chi connectivity index (χ4n) is 3.79. The van der Waals surface area contributed by atoms with Gasteiger partial charge in [-0.25, -0.2) is 4.79 Å². The molecule has 6 heteroatoms. The van der Waals surface area contributed by atoms with E-state index in [0.29, 0.717) is 13.2 Å². The van der Waals surface area contributed by atoms with Crippen LogP contribution in [-0.4, -0.2) is 43.1 Å². The number of piperidine rings is 1. The van der Waals surface area contributed by atoms with Crippen LogP contribution in [0.15, 0.2) is 54.6 Å². The van der Waals surface area contributed by atoms with Crippen LogP contribution in [0.5, 0.6) is 0 Å². The summed E-state index contributed by atoms with van der Waals surface area (Å²) in [5.41, 5.74) is 2.50. The van der Waals surface area contributed by atoms with Gasteiger partial charge >= 0.3 is 6.09 Å². The molecule has 1 N–H and O–H groups in total. The highest BCUT2D eigenvalue weighted by Crippen LogP contribution is 2.27. The number of hydrogen-bond donors (Lipinski definition) is 1. The van der Waals surface area contributed by atoms with Gasteiger partial charge in [0.25, 0.3) is 0 Å². The second-order valence-corrected chi connectivity index (χ2v) is 7.19. The molecule has 0 bridgehead atoms. The van der Waals surface area contributed by atoms with Gasteiger partial charge in [-0.3, -0.25) is 9.69 Å². The average Bonchev–Trinajstić information content (AvgIpc) is 3.19. The number of carbonyl (C=O) groups is 2. The lowest BCUT2D eigenvalue weighted by Crippen LogP contribution is -2.41. The van der Waals surface area contributed by atoms with Crippen molar-refractivity contribution in [3.63, 3.8) is 0 Å². The number of anilines is 2. The minimum absolute atomic E-state index is 0.0943. The first-order chi connectivity index (χ1) is 13.7. The van der Waals surface area contributed by atoms with Crippen LogP contribution < -0.4 is 10.2 Å². The van der Waals surface area contributed by atoms with Crippen molar-refractivity contribution in [3.8, 4) is 0 Å². The minimum Gasteiger partial charge on any atom is -0.447 e. The van der Waals surface area contributed by atoms with Gasteiger partial charge in [0.05, 0.1) is 6.54 Å². The molecular weight excluding hydrogens is 354 g/mol. The topological polar surface area (TPSA) is 61.9 Å². The van der Waals surface area contributed by atoms with Crippen molar-refractivity contribution in [2.24, 2.45) is 0 Å². The molecule has 146 valence electrons. The van der Waals surface area contributed by atoms with Crippen LogP contribution >= 0.6 is 0 Å². The van der Waals surface area contributed by atoms with Gasteiger partial charge < -0.3 is 15.0 Å². The lowest BCUT2D eigenvalue weighted by Gasteiger charge is -2.31. The van der Waals surface area contributed by atoms with Crippen LogP contribution in [0.25, 0.3) is 0 Å². The van der Waals surface area contributed by atoms with Crippen molar-refractivity contribution in [2.75, 3.05) is 36.5 Å². The first-order valence-corrected chi connectivity index (χ1v) is 9.87. The Balaban J connectivity index is 1.59. The summed E-state index contributed by atoms with van der Waals surface area (Å²) in [5, 5.41) is 3.40. The number of likely N-dealkylation sites (tertiary alicyclic amines) is 1. The molecule has 4 rings (SSSR count). The Bertz CT molecular complexity index is 834. The third-order valence-electron chi connectivity index (χ3n) is 5.28. The van der Waals surface area contributed by atoms with Gasteiger partial charge in [0, 0.05) is 24.5 Å². The molecule has 2 saturated heterocycles. The summed E-state index contributed by atoms with van der Waals surface area (Å²) in [6, 6.07) is 16.9. The number of nitrogens with zero attached hydrogens (tertiary/aromatic N) is 2. The summed E-state index contributed by atoms with van der Waals surface area (Å²) in [7, 11) is 0. The molecule has 2 aliphatic rings. The average molecular weight is 379 g/mol. The maximum atomic E-state index is 13.3. The van der Waals surface area contributed by atoms with Crippen molar-refractivity contribution in [2.45, 2.75) is 25.3 Å². The van der Waals surface area contributed by atoms with E-state index in [-0.39, 0.29) is 12.0 Å². The van der Waals surface area contributed by atoms with Gasteiger partial charge in [0.15, 0.2) is 0 Å². The number of nitrogens with one attached hydrogen (secondary N) is 1. The number of hydrogen-bond acceptors (Lipinski definition) is 4. The van der Waals surface area contributed by atoms with Crippen molar-refractivity contribution < 1.29 is 14.3 Å². The number of benzene rings is 2. The number of ether oxygens (including phenoxy) is 1. The molecular formula is C22H25N3O3. The summed E-state index contributed by atoms with van der Waals surface area (Å²) in [6.07, 6.45) is 2.96. The van der Waals surface area contributed by atoms with Gasteiger partial charge in [0.2, 0.25) is 5.91 Å². The summed E-state index contributed by atoms with van der Waals surface area (Å²) in [6.45, 7) is 2.56. The Hall–Kier alpha value is -3.02. The highest BCUT2D eigenvalue weighted by Gasteiger charge is 2.28. The lowest BCUT2D eigenvalue weighted by molar-refractivity contribution is -0.133. The third-order valence-corrected chi connectivity index (χ3v) is 5.28. The molecule has 1 unspecified atom stereocenters. The standard InChI is InChI=1S/C22H25N3O3/c26-21(24-12-5-2-6-13-24)20(17-8-3-1-4-9-17)23-18-10-7-11-19(16-18)25-14-15-28-22(25)27/h1,3-4,7-11,16,20,23H,2,5-6,12-15H2. The first-order valence-electron chi connectivity index (χ1n) is 9.87. The quantitative estimate of drug-likeness (QED) is 0.858. The highest BCUT2D eigenvalue weighted by molar-refractivity contribution is 5.90. The van der Waals surface area contributed by atoms with Crippen LogP contribution in [0.4, 0.5) is 16.2 Å². The molecule has 2 amide bonds. The van der Waals surface area contributed by atoms with Crippen LogP contribution in [0.1, 0.15) is 30.9 Å². The maximum Gasteiger partial charge on any atom is 0.414 e. The normalized spacial score (nSPS) is 17.9. The Labute approximate surface area is 165 Å². The van der Waals surface area contributed by atoms with E-state index in [2.05, 4.69) is 5.32 Å². The fourth-order valence-corrected chi connectivity index (χ4v) is 3.79. The van der Waals surface area contributed by atoms with Crippen molar-refractivity contribution in [1.29, 1.82) is 0 Å². The molecule has 2 heterocycles. The molecule has 28 heavy (non-hydrogen) atoms. The molecule has 0 spiro atoms. The zero-order chi connectivity index (χ0) is 19.3. The first kappa shape index (κ1) is 18.3. The molecule has 0 aromatic heterocycles. The molecule has 0 radical (unpaired) electrons. The van der Waals surface area contributed by atoms with E-state index in [4.69, 9.17) is 4.74 Å². The van der Waals surface area contributed by atoms with Crippen molar-refractivity contribution >= 4 is 23.4 Å². The predicted octanol–water partition coefficient (Wildman–Crippen LogP) is 3.81.